The van der Waals surface area contributed by atoms with Gasteiger partial charge < -0.3 is 4.90 Å². The number of nitriles is 1. The van der Waals surface area contributed by atoms with Crippen molar-refractivity contribution in [1.29, 1.82) is 5.26 Å². The summed E-state index contributed by atoms with van der Waals surface area (Å²) in [4.78, 5) is 10.6. The van der Waals surface area contributed by atoms with Gasteiger partial charge in [-0.15, -0.1) is 0 Å². The number of nitrogens with zero attached hydrogens (tertiary/aromatic N) is 6. The average Bonchev–Trinajstić information content (AvgIpc) is 3.11. The number of pyridine rings is 2. The minimum absolute atomic E-state index is 0.158. The van der Waals surface area contributed by atoms with Gasteiger partial charge in [-0.1, -0.05) is 42.5 Å². The normalized spacial score (nSPS) is 15.9. The lowest BCUT2D eigenvalue weighted by Gasteiger charge is -2.34. The van der Waals surface area contributed by atoms with E-state index in [2.05, 4.69) is 20.9 Å². The third kappa shape index (κ3) is 6.15. The smallest absolute Gasteiger partial charge is 0.282 e. The highest BCUT2D eigenvalue weighted by atomic mass is 32.2. The maximum absolute atomic E-state index is 14.2. The van der Waals surface area contributed by atoms with E-state index in [-0.39, 0.29) is 19.1 Å². The number of rotatable bonds is 8. The maximum atomic E-state index is 14.2. The molecule has 0 aliphatic carbocycles. The molecular formula is C30H30N6O2S. The highest BCUT2D eigenvalue weighted by Gasteiger charge is 2.38. The monoisotopic (exact) mass is 538 g/mol. The second-order valence-electron chi connectivity index (χ2n) is 9.71. The Kier molecular flexibility index (Phi) is 7.98. The molecule has 5 rings (SSSR count). The van der Waals surface area contributed by atoms with Crippen LogP contribution in [0, 0.1) is 11.3 Å². The minimum atomic E-state index is -3.89. The second kappa shape index (κ2) is 11.7. The predicted molar refractivity (Wildman–Crippen MR) is 151 cm³/mol. The van der Waals surface area contributed by atoms with Gasteiger partial charge in [-0.05, 0) is 59.0 Å². The Morgan fingerprint density at radius 1 is 0.949 bits per heavy atom. The molecule has 39 heavy (non-hydrogen) atoms. The Morgan fingerprint density at radius 2 is 1.64 bits per heavy atom. The van der Waals surface area contributed by atoms with Gasteiger partial charge in [0.2, 0.25) is 0 Å². The maximum Gasteiger partial charge on any atom is 0.282 e. The summed E-state index contributed by atoms with van der Waals surface area (Å²) in [5.41, 5.74) is 5.11. The molecule has 0 fully saturated rings. The van der Waals surface area contributed by atoms with E-state index in [0.29, 0.717) is 25.1 Å². The van der Waals surface area contributed by atoms with Gasteiger partial charge in [-0.3, -0.25) is 9.97 Å². The summed E-state index contributed by atoms with van der Waals surface area (Å²) in [7, 11) is -2.29. The molecule has 0 amide bonds. The lowest BCUT2D eigenvalue weighted by molar-refractivity contribution is 0.288. The first kappa shape index (κ1) is 26.5. The third-order valence-corrected chi connectivity index (χ3v) is 8.88. The lowest BCUT2D eigenvalue weighted by Crippen LogP contribution is -2.50. The van der Waals surface area contributed by atoms with Crippen LogP contribution in [0.1, 0.15) is 27.8 Å². The fourth-order valence-electron chi connectivity index (χ4n) is 5.02. The Morgan fingerprint density at radius 3 is 2.31 bits per heavy atom. The topological polar surface area (TPSA) is 93.4 Å². The molecular weight excluding hydrogens is 508 g/mol. The zero-order valence-electron chi connectivity index (χ0n) is 21.8. The highest BCUT2D eigenvalue weighted by Crippen LogP contribution is 2.33. The third-order valence-electron chi connectivity index (χ3n) is 6.94. The van der Waals surface area contributed by atoms with Crippen molar-refractivity contribution < 1.29 is 8.42 Å². The summed E-state index contributed by atoms with van der Waals surface area (Å²) in [6, 6.07) is 24.9. The summed E-state index contributed by atoms with van der Waals surface area (Å²) in [6.45, 7) is 1.40. The molecule has 0 radical (unpaired) electrons. The molecule has 0 bridgehead atoms. The zero-order chi connectivity index (χ0) is 27.2. The van der Waals surface area contributed by atoms with Gasteiger partial charge in [-0.2, -0.15) is 22.3 Å². The second-order valence-corrected chi connectivity index (χ2v) is 11.7. The molecule has 3 heterocycles. The van der Waals surface area contributed by atoms with Gasteiger partial charge in [0.1, 0.15) is 0 Å². The van der Waals surface area contributed by atoms with Crippen molar-refractivity contribution in [3.05, 3.63) is 125 Å². The summed E-state index contributed by atoms with van der Waals surface area (Å²) in [5, 5.41) is 9.62. The summed E-state index contributed by atoms with van der Waals surface area (Å²) in [5.74, 6) is 0. The number of anilines is 1. The molecule has 198 valence electrons. The van der Waals surface area contributed by atoms with Gasteiger partial charge in [0.25, 0.3) is 10.2 Å². The first-order valence-corrected chi connectivity index (χ1v) is 14.2. The summed E-state index contributed by atoms with van der Waals surface area (Å²) >= 11 is 0. The molecule has 1 aliphatic rings. The van der Waals surface area contributed by atoms with Gasteiger partial charge >= 0.3 is 0 Å². The van der Waals surface area contributed by atoms with Crippen molar-refractivity contribution in [2.75, 3.05) is 18.5 Å². The van der Waals surface area contributed by atoms with Gasteiger partial charge in [0.05, 0.1) is 11.6 Å². The van der Waals surface area contributed by atoms with Crippen LogP contribution < -0.4 is 4.90 Å². The van der Waals surface area contributed by atoms with Crippen molar-refractivity contribution >= 4 is 15.9 Å². The van der Waals surface area contributed by atoms with E-state index in [0.717, 1.165) is 27.9 Å². The summed E-state index contributed by atoms with van der Waals surface area (Å²) < 4.78 is 31.4. The largest absolute Gasteiger partial charge is 0.365 e. The SMILES string of the molecule is CN(Cc1cccnc1)S(=O)(=O)N1Cc2cc(C#N)ccc2N(Cc2cccnc2)C[C@H]1Cc1ccccc1. The van der Waals surface area contributed by atoms with E-state index in [1.807, 2.05) is 60.8 Å². The number of aromatic nitrogens is 2. The van der Waals surface area contributed by atoms with Crippen LogP contribution in [0.3, 0.4) is 0 Å². The first-order valence-electron chi connectivity index (χ1n) is 12.8. The molecule has 0 unspecified atom stereocenters. The van der Waals surface area contributed by atoms with E-state index in [4.69, 9.17) is 0 Å². The van der Waals surface area contributed by atoms with Gasteiger partial charge in [0, 0.05) is 69.7 Å². The highest BCUT2D eigenvalue weighted by molar-refractivity contribution is 7.86. The number of hydrogen-bond acceptors (Lipinski definition) is 6. The van der Waals surface area contributed by atoms with Crippen LogP contribution in [-0.4, -0.2) is 46.6 Å². The molecule has 0 spiro atoms. The summed E-state index contributed by atoms with van der Waals surface area (Å²) in [6.07, 6.45) is 7.47. The van der Waals surface area contributed by atoms with Crippen LogP contribution in [-0.2, 0) is 36.3 Å². The molecule has 9 heteroatoms. The molecule has 0 saturated heterocycles. The Bertz CT molecular complexity index is 1540. The Hall–Kier alpha value is -4.10. The number of benzene rings is 2. The van der Waals surface area contributed by atoms with E-state index < -0.39 is 10.2 Å². The predicted octanol–water partition coefficient (Wildman–Crippen LogP) is 4.16. The average molecular weight is 539 g/mol. The van der Waals surface area contributed by atoms with Crippen LogP contribution in [0.25, 0.3) is 0 Å². The lowest BCUT2D eigenvalue weighted by atomic mass is 10.1. The zero-order valence-corrected chi connectivity index (χ0v) is 22.6. The Labute approximate surface area is 230 Å². The van der Waals surface area contributed by atoms with Crippen LogP contribution in [0.15, 0.2) is 97.6 Å². The Balaban J connectivity index is 1.57. The van der Waals surface area contributed by atoms with Crippen molar-refractivity contribution in [2.45, 2.75) is 32.1 Å². The van der Waals surface area contributed by atoms with Crippen LogP contribution >= 0.6 is 0 Å². The van der Waals surface area contributed by atoms with Gasteiger partial charge in [-0.25, -0.2) is 0 Å². The van der Waals surface area contributed by atoms with Crippen LogP contribution in [0.4, 0.5) is 5.69 Å². The van der Waals surface area contributed by atoms with E-state index in [1.54, 1.807) is 48.1 Å². The standard InChI is InChI=1S/C30H30N6O2S/c1-34(20-26-9-5-13-32-18-26)39(37,38)36-22-28-15-25(17-31)11-12-30(28)35(21-27-10-6-14-33-19-27)23-29(36)16-24-7-3-2-4-8-24/h2-15,18-19,29H,16,20-23H2,1H3/t29-/m1/s1. The van der Waals surface area contributed by atoms with E-state index in [9.17, 15) is 13.7 Å². The molecule has 1 aliphatic heterocycles. The molecule has 8 nitrogen and oxygen atoms in total. The van der Waals surface area contributed by atoms with Crippen LogP contribution in [0.2, 0.25) is 0 Å². The number of hydrogen-bond donors (Lipinski definition) is 0. The molecule has 2 aromatic carbocycles. The minimum Gasteiger partial charge on any atom is -0.365 e. The molecule has 1 atom stereocenters. The number of fused-ring (bicyclic) bond motifs is 1. The fraction of sp³-hybridized carbons (Fsp3) is 0.233. The quantitative estimate of drug-likeness (QED) is 0.335. The van der Waals surface area contributed by atoms with Crippen LogP contribution in [0.5, 0.6) is 0 Å². The molecule has 0 N–H and O–H groups in total. The van der Waals surface area contributed by atoms with Crippen molar-refractivity contribution in [2.24, 2.45) is 0 Å². The molecule has 0 saturated carbocycles. The van der Waals surface area contributed by atoms with E-state index in [1.165, 1.54) is 4.31 Å². The molecule has 2 aromatic heterocycles. The first-order chi connectivity index (χ1) is 18.9. The van der Waals surface area contributed by atoms with E-state index >= 15 is 0 Å². The van der Waals surface area contributed by atoms with Gasteiger partial charge in [0.15, 0.2) is 0 Å². The van der Waals surface area contributed by atoms with Crippen molar-refractivity contribution in [1.82, 2.24) is 18.6 Å². The fourth-order valence-corrected chi connectivity index (χ4v) is 6.52. The van der Waals surface area contributed by atoms with Crippen molar-refractivity contribution in [3.8, 4) is 6.07 Å². The van der Waals surface area contributed by atoms with Crippen molar-refractivity contribution in [3.63, 3.8) is 0 Å². The molecule has 4 aromatic rings.